The largest absolute Gasteiger partial charge is 0.495 e. The van der Waals surface area contributed by atoms with Gasteiger partial charge < -0.3 is 18.9 Å². The summed E-state index contributed by atoms with van der Waals surface area (Å²) in [5.74, 6) is 1.30. The van der Waals surface area contributed by atoms with E-state index in [2.05, 4.69) is 13.2 Å². The second-order valence-corrected chi connectivity index (χ2v) is 7.21. The van der Waals surface area contributed by atoms with Crippen molar-refractivity contribution >= 4 is 9.84 Å². The lowest BCUT2D eigenvalue weighted by Gasteiger charge is -2.15. The third kappa shape index (κ3) is 4.62. The van der Waals surface area contributed by atoms with Gasteiger partial charge in [0.05, 0.1) is 14.2 Å². The van der Waals surface area contributed by atoms with Gasteiger partial charge in [-0.05, 0) is 24.3 Å². The molecule has 0 saturated heterocycles. The first-order chi connectivity index (χ1) is 13.0. The van der Waals surface area contributed by atoms with E-state index in [1.54, 1.807) is 24.3 Å². The van der Waals surface area contributed by atoms with Gasteiger partial charge in [0.25, 0.3) is 0 Å². The summed E-state index contributed by atoms with van der Waals surface area (Å²) in [5.41, 5.74) is 0. The number of benzene rings is 2. The highest BCUT2D eigenvalue weighted by atomic mass is 32.2. The maximum absolute atomic E-state index is 13.2. The van der Waals surface area contributed by atoms with Crippen LogP contribution >= 0.6 is 0 Å². The monoisotopic (exact) mass is 390 g/mol. The van der Waals surface area contributed by atoms with Crippen LogP contribution in [0.3, 0.4) is 0 Å². The molecule has 0 aliphatic carbocycles. The van der Waals surface area contributed by atoms with Gasteiger partial charge in [-0.15, -0.1) is 0 Å². The molecule has 6 nitrogen and oxygen atoms in total. The average Bonchev–Trinajstić information content (AvgIpc) is 2.69. The van der Waals surface area contributed by atoms with Crippen LogP contribution in [0.5, 0.6) is 23.0 Å². The lowest BCUT2D eigenvalue weighted by Crippen LogP contribution is -2.07. The third-order valence-electron chi connectivity index (χ3n) is 3.58. The van der Waals surface area contributed by atoms with Crippen molar-refractivity contribution in [2.45, 2.75) is 9.79 Å². The normalized spacial score (nSPS) is 10.7. The van der Waals surface area contributed by atoms with Crippen LogP contribution < -0.4 is 18.9 Å². The average molecular weight is 390 g/mol. The molecule has 0 fully saturated rings. The first kappa shape index (κ1) is 20.4. The molecule has 0 aliphatic heterocycles. The Bertz CT molecular complexity index is 849. The third-order valence-corrected chi connectivity index (χ3v) is 5.42. The molecule has 0 aromatic heterocycles. The van der Waals surface area contributed by atoms with Crippen molar-refractivity contribution in [3.8, 4) is 23.0 Å². The summed E-state index contributed by atoms with van der Waals surface area (Å²) >= 11 is 0. The SMILES string of the molecule is C=CCOc1ccc(S(=O)(=O)c2ccc(OCC=C)cc2OC)c(OC)c1. The number of ether oxygens (including phenoxy) is 4. The van der Waals surface area contributed by atoms with E-state index in [4.69, 9.17) is 18.9 Å². The van der Waals surface area contributed by atoms with Gasteiger partial charge in [0, 0.05) is 12.1 Å². The van der Waals surface area contributed by atoms with Crippen molar-refractivity contribution in [1.82, 2.24) is 0 Å². The number of methoxy groups -OCH3 is 2. The molecule has 0 atom stereocenters. The van der Waals surface area contributed by atoms with Crippen LogP contribution in [0.25, 0.3) is 0 Å². The van der Waals surface area contributed by atoms with Gasteiger partial charge in [-0.1, -0.05) is 25.3 Å². The summed E-state index contributed by atoms with van der Waals surface area (Å²) in [4.78, 5) is 0.0167. The predicted octanol–water partition coefficient (Wildman–Crippen LogP) is 3.67. The van der Waals surface area contributed by atoms with Gasteiger partial charge in [0.2, 0.25) is 9.84 Å². The first-order valence-corrected chi connectivity index (χ1v) is 9.54. The maximum Gasteiger partial charge on any atom is 0.213 e. The molecule has 0 N–H and O–H groups in total. The molecular weight excluding hydrogens is 368 g/mol. The van der Waals surface area contributed by atoms with Crippen LogP contribution in [0.2, 0.25) is 0 Å². The highest BCUT2D eigenvalue weighted by Crippen LogP contribution is 2.37. The standard InChI is InChI=1S/C20H22O6S/c1-5-11-25-15-7-9-19(17(13-15)23-3)27(21,22)20-10-8-16(26-12-6-2)14-18(20)24-4/h5-10,13-14H,1-2,11-12H2,3-4H3. The van der Waals surface area contributed by atoms with E-state index in [0.29, 0.717) is 24.7 Å². The number of hydrogen-bond acceptors (Lipinski definition) is 6. The molecule has 0 bridgehead atoms. The van der Waals surface area contributed by atoms with Gasteiger partial charge in [0.15, 0.2) is 0 Å². The van der Waals surface area contributed by atoms with Crippen LogP contribution in [-0.2, 0) is 9.84 Å². The molecule has 0 unspecified atom stereocenters. The molecule has 0 heterocycles. The van der Waals surface area contributed by atoms with E-state index in [0.717, 1.165) is 0 Å². The highest BCUT2D eigenvalue weighted by molar-refractivity contribution is 7.91. The van der Waals surface area contributed by atoms with E-state index in [9.17, 15) is 8.42 Å². The molecule has 0 aliphatic rings. The van der Waals surface area contributed by atoms with Crippen molar-refractivity contribution in [2.24, 2.45) is 0 Å². The van der Waals surface area contributed by atoms with Crippen molar-refractivity contribution in [1.29, 1.82) is 0 Å². The van der Waals surface area contributed by atoms with Gasteiger partial charge in [-0.25, -0.2) is 8.42 Å². The predicted molar refractivity (Wildman–Crippen MR) is 103 cm³/mol. The Hall–Kier alpha value is -2.93. The molecule has 27 heavy (non-hydrogen) atoms. The zero-order valence-corrected chi connectivity index (χ0v) is 16.1. The highest BCUT2D eigenvalue weighted by Gasteiger charge is 2.26. The minimum absolute atomic E-state index is 0.00835. The second-order valence-electron chi connectivity index (χ2n) is 5.33. The van der Waals surface area contributed by atoms with Crippen LogP contribution in [0.15, 0.2) is 71.5 Å². The van der Waals surface area contributed by atoms with E-state index >= 15 is 0 Å². The molecule has 0 radical (unpaired) electrons. The Morgan fingerprint density at radius 2 is 1.22 bits per heavy atom. The van der Waals surface area contributed by atoms with E-state index < -0.39 is 9.84 Å². The first-order valence-electron chi connectivity index (χ1n) is 8.06. The Morgan fingerprint density at radius 1 is 0.815 bits per heavy atom. The number of hydrogen-bond donors (Lipinski definition) is 0. The molecular formula is C20H22O6S. The zero-order chi connectivity index (χ0) is 19.9. The summed E-state index contributed by atoms with van der Waals surface area (Å²) in [6, 6.07) is 9.04. The second kappa shape index (κ2) is 9.14. The molecule has 2 aromatic carbocycles. The summed E-state index contributed by atoms with van der Waals surface area (Å²) < 4.78 is 47.7. The lowest BCUT2D eigenvalue weighted by atomic mass is 10.3. The minimum atomic E-state index is -3.90. The Kier molecular flexibility index (Phi) is 6.90. The van der Waals surface area contributed by atoms with Crippen LogP contribution in [0.1, 0.15) is 0 Å². The lowest BCUT2D eigenvalue weighted by molar-refractivity contribution is 0.354. The molecule has 2 aromatic rings. The number of rotatable bonds is 10. The molecule has 2 rings (SSSR count). The van der Waals surface area contributed by atoms with Crippen LogP contribution in [0, 0.1) is 0 Å². The fourth-order valence-corrected chi connectivity index (χ4v) is 3.89. The Labute approximate surface area is 159 Å². The van der Waals surface area contributed by atoms with E-state index in [1.807, 2.05) is 0 Å². The summed E-state index contributed by atoms with van der Waals surface area (Å²) in [7, 11) is -1.10. The van der Waals surface area contributed by atoms with E-state index in [1.165, 1.54) is 38.5 Å². The van der Waals surface area contributed by atoms with Crippen molar-refractivity contribution in [3.63, 3.8) is 0 Å². The molecule has 0 saturated carbocycles. The molecule has 7 heteroatoms. The Morgan fingerprint density at radius 3 is 1.56 bits per heavy atom. The van der Waals surface area contributed by atoms with Crippen molar-refractivity contribution in [3.05, 3.63) is 61.7 Å². The summed E-state index contributed by atoms with van der Waals surface area (Å²) in [6.07, 6.45) is 3.19. The maximum atomic E-state index is 13.2. The fourth-order valence-electron chi connectivity index (χ4n) is 2.35. The van der Waals surface area contributed by atoms with E-state index in [-0.39, 0.29) is 21.3 Å². The smallest absolute Gasteiger partial charge is 0.213 e. The van der Waals surface area contributed by atoms with Gasteiger partial charge >= 0.3 is 0 Å². The zero-order valence-electron chi connectivity index (χ0n) is 15.3. The van der Waals surface area contributed by atoms with Crippen molar-refractivity contribution in [2.75, 3.05) is 27.4 Å². The topological polar surface area (TPSA) is 71.1 Å². The van der Waals surface area contributed by atoms with Gasteiger partial charge in [0.1, 0.15) is 46.0 Å². The van der Waals surface area contributed by atoms with Crippen LogP contribution in [-0.4, -0.2) is 35.9 Å². The summed E-state index contributed by atoms with van der Waals surface area (Å²) in [5, 5.41) is 0. The molecule has 144 valence electrons. The molecule has 0 amide bonds. The number of sulfone groups is 1. The minimum Gasteiger partial charge on any atom is -0.495 e. The quantitative estimate of drug-likeness (QED) is 0.577. The fraction of sp³-hybridized carbons (Fsp3) is 0.200. The van der Waals surface area contributed by atoms with Crippen molar-refractivity contribution < 1.29 is 27.4 Å². The van der Waals surface area contributed by atoms with Gasteiger partial charge in [-0.3, -0.25) is 0 Å². The van der Waals surface area contributed by atoms with Crippen LogP contribution in [0.4, 0.5) is 0 Å². The summed E-state index contributed by atoms with van der Waals surface area (Å²) in [6.45, 7) is 7.76. The van der Waals surface area contributed by atoms with Gasteiger partial charge in [-0.2, -0.15) is 0 Å². The Balaban J connectivity index is 2.48. The molecule has 0 spiro atoms.